The van der Waals surface area contributed by atoms with E-state index in [1.54, 1.807) is 6.92 Å². The second-order valence-corrected chi connectivity index (χ2v) is 21.4. The Morgan fingerprint density at radius 2 is 1.60 bits per heavy atom. The zero-order chi connectivity index (χ0) is 42.6. The molecule has 9 rings (SSSR count). The fourth-order valence-electron chi connectivity index (χ4n) is 14.7. The Kier molecular flexibility index (Phi) is 11.9. The van der Waals surface area contributed by atoms with Crippen molar-refractivity contribution in [2.45, 2.75) is 198 Å². The molecule has 0 bridgehead atoms. The van der Waals surface area contributed by atoms with Crippen molar-refractivity contribution in [3.8, 4) is 0 Å². The van der Waals surface area contributed by atoms with E-state index in [1.807, 2.05) is 0 Å². The number of fused-ring (bicyclic) bond motifs is 7. The van der Waals surface area contributed by atoms with Crippen LogP contribution in [0.4, 0.5) is 0 Å². The van der Waals surface area contributed by atoms with E-state index in [4.69, 9.17) is 28.4 Å². The number of aliphatic hydroxyl groups excluding tert-OH is 7. The number of nitrogens with one attached hydrogen (secondary N) is 1. The molecule has 0 aromatic carbocycles. The SMILES string of the molecule is CC1O[C@@H](O[C@@H]2C(O)=C(O[C@@H]3OC(C)[C@H](O)[C@@H](O)C3O)[C@H](O[C@H]3CC[C@@]4(C)C(=CCC5C6CC7C[C@]8(CC[C@H](C)CN8)[C@@H](C)C7[C@@]6(C)CCC54)C3)OC2CO)C[C@H](O)[C@H]1O. The molecule has 5 aliphatic carbocycles. The second kappa shape index (κ2) is 16.2. The zero-order valence-corrected chi connectivity index (χ0v) is 36.4. The number of rotatable bonds is 7. The molecule has 340 valence electrons. The summed E-state index contributed by atoms with van der Waals surface area (Å²) in [7, 11) is 0. The summed E-state index contributed by atoms with van der Waals surface area (Å²) in [4.78, 5) is 0. The molecular formula is C46H73NO13. The van der Waals surface area contributed by atoms with Gasteiger partial charge in [0, 0.05) is 12.0 Å². The molecule has 60 heavy (non-hydrogen) atoms. The lowest BCUT2D eigenvalue weighted by Crippen LogP contribution is -2.58. The predicted octanol–water partition coefficient (Wildman–Crippen LogP) is 3.55. The Labute approximate surface area is 355 Å². The Balaban J connectivity index is 0.928. The van der Waals surface area contributed by atoms with Crippen LogP contribution in [-0.4, -0.2) is 134 Å². The Morgan fingerprint density at radius 1 is 0.833 bits per heavy atom. The second-order valence-electron chi connectivity index (χ2n) is 21.4. The minimum atomic E-state index is -1.68. The van der Waals surface area contributed by atoms with Crippen molar-refractivity contribution in [3.63, 3.8) is 0 Å². The van der Waals surface area contributed by atoms with E-state index in [1.165, 1.54) is 51.0 Å². The molecule has 1 spiro atoms. The number of hydrogen-bond acceptors (Lipinski definition) is 14. The summed E-state index contributed by atoms with van der Waals surface area (Å²) in [6.45, 7) is 13.8. The summed E-state index contributed by atoms with van der Waals surface area (Å²) in [5, 5.41) is 79.0. The molecule has 7 fully saturated rings. The molecule has 9 unspecified atom stereocenters. The van der Waals surface area contributed by atoms with Crippen LogP contribution in [0.25, 0.3) is 0 Å². The molecule has 0 radical (unpaired) electrons. The fraction of sp³-hybridized carbons (Fsp3) is 0.913. The molecule has 4 heterocycles. The maximum absolute atomic E-state index is 11.9. The van der Waals surface area contributed by atoms with Gasteiger partial charge < -0.3 is 69.5 Å². The van der Waals surface area contributed by atoms with Gasteiger partial charge in [-0.2, -0.15) is 0 Å². The van der Waals surface area contributed by atoms with Gasteiger partial charge in [0.05, 0.1) is 31.0 Å². The van der Waals surface area contributed by atoms with Gasteiger partial charge in [-0.1, -0.05) is 39.3 Å². The van der Waals surface area contributed by atoms with Gasteiger partial charge in [-0.15, -0.1) is 0 Å². The largest absolute Gasteiger partial charge is 0.506 e. The smallest absolute Gasteiger partial charge is 0.229 e. The van der Waals surface area contributed by atoms with E-state index in [0.29, 0.717) is 35.1 Å². The lowest BCUT2D eigenvalue weighted by molar-refractivity contribution is -0.315. The lowest BCUT2D eigenvalue weighted by Gasteiger charge is -2.59. The van der Waals surface area contributed by atoms with E-state index in [2.05, 4.69) is 39.1 Å². The van der Waals surface area contributed by atoms with E-state index in [-0.39, 0.29) is 23.7 Å². The molecule has 4 saturated carbocycles. The van der Waals surface area contributed by atoms with Crippen LogP contribution in [0.3, 0.4) is 0 Å². The molecular weight excluding hydrogens is 774 g/mol. The van der Waals surface area contributed by atoms with Crippen molar-refractivity contribution in [3.05, 3.63) is 23.2 Å². The van der Waals surface area contributed by atoms with Crippen molar-refractivity contribution < 1.29 is 64.2 Å². The van der Waals surface area contributed by atoms with Gasteiger partial charge in [0.1, 0.15) is 36.6 Å². The monoisotopic (exact) mass is 848 g/mol. The van der Waals surface area contributed by atoms with Gasteiger partial charge in [-0.25, -0.2) is 0 Å². The Morgan fingerprint density at radius 3 is 2.32 bits per heavy atom. The molecule has 3 saturated heterocycles. The average Bonchev–Trinajstić information content (AvgIpc) is 3.67. The van der Waals surface area contributed by atoms with Crippen molar-refractivity contribution in [2.75, 3.05) is 13.2 Å². The maximum atomic E-state index is 11.9. The summed E-state index contributed by atoms with van der Waals surface area (Å²) >= 11 is 0. The number of hydrogen-bond donors (Lipinski definition) is 8. The third-order valence-electron chi connectivity index (χ3n) is 18.1. The quantitative estimate of drug-likeness (QED) is 0.173. The van der Waals surface area contributed by atoms with Crippen molar-refractivity contribution in [2.24, 2.45) is 52.3 Å². The number of allylic oxidation sites excluding steroid dienone is 1. The highest BCUT2D eigenvalue weighted by atomic mass is 16.8. The van der Waals surface area contributed by atoms with Crippen LogP contribution >= 0.6 is 0 Å². The third-order valence-corrected chi connectivity index (χ3v) is 18.1. The van der Waals surface area contributed by atoms with Crippen LogP contribution in [0.15, 0.2) is 23.2 Å². The molecule has 23 atom stereocenters. The van der Waals surface area contributed by atoms with Crippen molar-refractivity contribution in [1.82, 2.24) is 5.32 Å². The first-order valence-corrected chi connectivity index (χ1v) is 23.3. The Bertz CT molecular complexity index is 1620. The molecule has 0 aromatic heterocycles. The third kappa shape index (κ3) is 7.13. The standard InChI is InChI=1S/C46H73NO13/c1-21-9-14-46(47-19-21)18-25-15-30-28-8-7-26-16-27(10-12-44(26,5)29(28)11-13-45(30,6)34(25)22(46)2)57-43-41(60-42-38(53)37(52)36(51)24(4)56-42)39(54)40(32(20-48)58-43)59-33-17-31(49)35(50)23(3)55-33/h7,21-25,27-38,40,42-43,47-54H,8-20H2,1-6H3/t21-,22-,23?,24?,25?,27-,28?,29?,30?,31-,32?,33-,34?,35-,36-,37+,38?,40-,42-,43+,44-,45-,46+/m0/s1. The summed E-state index contributed by atoms with van der Waals surface area (Å²) in [5.41, 5.74) is 2.15. The Hall–Kier alpha value is -1.40. The highest BCUT2D eigenvalue weighted by Crippen LogP contribution is 2.72. The van der Waals surface area contributed by atoms with E-state index in [9.17, 15) is 35.7 Å². The lowest BCUT2D eigenvalue weighted by atomic mass is 9.46. The summed E-state index contributed by atoms with van der Waals surface area (Å²) in [6, 6.07) is 0. The number of piperidine rings is 1. The number of aliphatic hydroxyl groups is 7. The van der Waals surface area contributed by atoms with Gasteiger partial charge in [0.15, 0.2) is 17.8 Å². The molecule has 8 N–H and O–H groups in total. The van der Waals surface area contributed by atoms with Gasteiger partial charge >= 0.3 is 0 Å². The summed E-state index contributed by atoms with van der Waals surface area (Å²) in [6.07, 6.45) is -1.65. The van der Waals surface area contributed by atoms with Crippen LogP contribution in [0.2, 0.25) is 0 Å². The van der Waals surface area contributed by atoms with Crippen LogP contribution in [-0.2, 0) is 28.4 Å². The zero-order valence-electron chi connectivity index (χ0n) is 36.4. The average molecular weight is 848 g/mol. The summed E-state index contributed by atoms with van der Waals surface area (Å²) < 4.78 is 36.8. The van der Waals surface area contributed by atoms with E-state index in [0.717, 1.165) is 49.5 Å². The van der Waals surface area contributed by atoms with Crippen LogP contribution < -0.4 is 5.32 Å². The molecule has 0 aromatic rings. The molecule has 14 heteroatoms. The molecule has 14 nitrogen and oxygen atoms in total. The highest BCUT2D eigenvalue weighted by molar-refractivity contribution is 5.27. The minimum absolute atomic E-state index is 0.0510. The first-order valence-electron chi connectivity index (χ1n) is 23.3. The molecule has 9 aliphatic rings. The van der Waals surface area contributed by atoms with Crippen molar-refractivity contribution in [1.29, 1.82) is 0 Å². The molecule has 4 aliphatic heterocycles. The first kappa shape index (κ1) is 43.8. The fourth-order valence-corrected chi connectivity index (χ4v) is 14.7. The van der Waals surface area contributed by atoms with Gasteiger partial charge in [0.2, 0.25) is 12.6 Å². The topological polar surface area (TPSA) is 209 Å². The normalized spacial score (nSPS) is 55.4. The van der Waals surface area contributed by atoms with Gasteiger partial charge in [-0.3, -0.25) is 0 Å². The van der Waals surface area contributed by atoms with Gasteiger partial charge in [0.25, 0.3) is 0 Å². The maximum Gasteiger partial charge on any atom is 0.229 e. The van der Waals surface area contributed by atoms with E-state index < -0.39 is 86.2 Å². The van der Waals surface area contributed by atoms with Gasteiger partial charge in [-0.05, 0) is 137 Å². The van der Waals surface area contributed by atoms with E-state index >= 15 is 0 Å². The van der Waals surface area contributed by atoms with Crippen LogP contribution in [0.1, 0.15) is 112 Å². The first-order chi connectivity index (χ1) is 28.5. The molecule has 0 amide bonds. The van der Waals surface area contributed by atoms with Crippen LogP contribution in [0.5, 0.6) is 0 Å². The summed E-state index contributed by atoms with van der Waals surface area (Å²) in [5.74, 6) is 4.32. The minimum Gasteiger partial charge on any atom is -0.506 e. The van der Waals surface area contributed by atoms with Crippen molar-refractivity contribution >= 4 is 0 Å². The highest BCUT2D eigenvalue weighted by Gasteiger charge is 2.67. The predicted molar refractivity (Wildman–Crippen MR) is 217 cm³/mol. The van der Waals surface area contributed by atoms with Crippen LogP contribution in [0, 0.1) is 52.3 Å². The number of ether oxygens (including phenoxy) is 6.